The minimum absolute atomic E-state index is 0.166. The number of hydrogen-bond donors (Lipinski definition) is 0. The molecule has 0 N–H and O–H groups in total. The Morgan fingerprint density at radius 1 is 1.13 bits per heavy atom. The standard InChI is InChI=1S/C24H24N2O4S/c1-3-15-26(31(27,28)24-14-8-10-18-9-4-5-11-20(18)24)17-19-16-22(25-30-19)21-12-6-7-13-23(21)29-2/h3-14,19H,1,15-17H2,2H3. The van der Waals surface area contributed by atoms with Crippen molar-refractivity contribution < 1.29 is 18.0 Å². The number of fused-ring (bicyclic) bond motifs is 1. The molecule has 0 aliphatic carbocycles. The van der Waals surface area contributed by atoms with Gasteiger partial charge in [-0.25, -0.2) is 8.42 Å². The molecular formula is C24H24N2O4S. The summed E-state index contributed by atoms with van der Waals surface area (Å²) >= 11 is 0. The molecular weight excluding hydrogens is 412 g/mol. The van der Waals surface area contributed by atoms with Gasteiger partial charge in [0.1, 0.15) is 11.9 Å². The average molecular weight is 437 g/mol. The van der Waals surface area contributed by atoms with E-state index in [1.807, 2.05) is 54.6 Å². The molecule has 0 spiro atoms. The fourth-order valence-electron chi connectivity index (χ4n) is 3.77. The number of methoxy groups -OCH3 is 1. The Kier molecular flexibility index (Phi) is 6.06. The van der Waals surface area contributed by atoms with Crippen LogP contribution in [0.15, 0.2) is 89.4 Å². The van der Waals surface area contributed by atoms with Crippen molar-refractivity contribution in [3.05, 3.63) is 84.9 Å². The molecule has 4 rings (SSSR count). The van der Waals surface area contributed by atoms with Crippen molar-refractivity contribution in [2.75, 3.05) is 20.2 Å². The van der Waals surface area contributed by atoms with Gasteiger partial charge in [-0.1, -0.05) is 59.8 Å². The summed E-state index contributed by atoms with van der Waals surface area (Å²) < 4.78 is 33.9. The van der Waals surface area contributed by atoms with E-state index in [1.54, 1.807) is 25.3 Å². The first kappa shape index (κ1) is 21.1. The van der Waals surface area contributed by atoms with Crippen molar-refractivity contribution in [3.8, 4) is 5.75 Å². The highest BCUT2D eigenvalue weighted by Gasteiger charge is 2.32. The summed E-state index contributed by atoms with van der Waals surface area (Å²) in [5.74, 6) is 0.705. The highest BCUT2D eigenvalue weighted by atomic mass is 32.2. The molecule has 160 valence electrons. The molecule has 0 bridgehead atoms. The monoisotopic (exact) mass is 436 g/mol. The second kappa shape index (κ2) is 8.91. The average Bonchev–Trinajstić information content (AvgIpc) is 3.26. The molecule has 1 atom stereocenters. The summed E-state index contributed by atoms with van der Waals surface area (Å²) in [6.45, 7) is 4.08. The van der Waals surface area contributed by atoms with Crippen molar-refractivity contribution in [2.24, 2.45) is 5.16 Å². The first-order valence-corrected chi connectivity index (χ1v) is 11.4. The van der Waals surface area contributed by atoms with Crippen LogP contribution >= 0.6 is 0 Å². The summed E-state index contributed by atoms with van der Waals surface area (Å²) in [6, 6.07) is 20.3. The maximum absolute atomic E-state index is 13.5. The minimum Gasteiger partial charge on any atom is -0.496 e. The lowest BCUT2D eigenvalue weighted by atomic mass is 10.0. The largest absolute Gasteiger partial charge is 0.496 e. The van der Waals surface area contributed by atoms with Crippen molar-refractivity contribution in [1.29, 1.82) is 0 Å². The maximum atomic E-state index is 13.5. The number of nitrogens with zero attached hydrogens (tertiary/aromatic N) is 2. The summed E-state index contributed by atoms with van der Waals surface area (Å²) in [4.78, 5) is 5.88. The van der Waals surface area contributed by atoms with Crippen LogP contribution in [-0.2, 0) is 14.9 Å². The van der Waals surface area contributed by atoms with Crippen LogP contribution in [0.25, 0.3) is 10.8 Å². The molecule has 0 saturated carbocycles. The minimum atomic E-state index is -3.77. The number of hydrogen-bond acceptors (Lipinski definition) is 5. The Bertz CT molecular complexity index is 1230. The maximum Gasteiger partial charge on any atom is 0.244 e. The quantitative estimate of drug-likeness (QED) is 0.496. The van der Waals surface area contributed by atoms with E-state index in [0.717, 1.165) is 16.7 Å². The lowest BCUT2D eigenvalue weighted by molar-refractivity contribution is 0.0721. The Morgan fingerprint density at radius 2 is 1.87 bits per heavy atom. The number of sulfonamides is 1. The fourth-order valence-corrected chi connectivity index (χ4v) is 5.43. The number of oxime groups is 1. The molecule has 7 heteroatoms. The van der Waals surface area contributed by atoms with E-state index in [-0.39, 0.29) is 18.0 Å². The van der Waals surface area contributed by atoms with Crippen LogP contribution in [0, 0.1) is 0 Å². The van der Waals surface area contributed by atoms with E-state index in [4.69, 9.17) is 9.57 Å². The van der Waals surface area contributed by atoms with Crippen LogP contribution in [0.5, 0.6) is 5.75 Å². The van der Waals surface area contributed by atoms with E-state index >= 15 is 0 Å². The zero-order valence-corrected chi connectivity index (χ0v) is 18.1. The highest BCUT2D eigenvalue weighted by molar-refractivity contribution is 7.89. The van der Waals surface area contributed by atoms with Crippen LogP contribution in [0.4, 0.5) is 0 Å². The van der Waals surface area contributed by atoms with Gasteiger partial charge in [0.05, 0.1) is 24.3 Å². The molecule has 3 aromatic rings. The Labute approximate surface area is 182 Å². The van der Waals surface area contributed by atoms with Gasteiger partial charge in [-0.15, -0.1) is 6.58 Å². The predicted octanol–water partition coefficient (Wildman–Crippen LogP) is 4.22. The first-order valence-electron chi connectivity index (χ1n) is 9.99. The molecule has 1 aliphatic rings. The smallest absolute Gasteiger partial charge is 0.244 e. The van der Waals surface area contributed by atoms with Gasteiger partial charge in [-0.2, -0.15) is 4.31 Å². The van der Waals surface area contributed by atoms with Crippen molar-refractivity contribution in [2.45, 2.75) is 17.4 Å². The van der Waals surface area contributed by atoms with Crippen LogP contribution < -0.4 is 4.74 Å². The second-order valence-electron chi connectivity index (χ2n) is 7.26. The van der Waals surface area contributed by atoms with Crippen LogP contribution in [0.3, 0.4) is 0 Å². The van der Waals surface area contributed by atoms with Crippen molar-refractivity contribution in [1.82, 2.24) is 4.31 Å². The second-order valence-corrected chi connectivity index (χ2v) is 9.16. The third-order valence-corrected chi connectivity index (χ3v) is 7.15. The summed E-state index contributed by atoms with van der Waals surface area (Å²) in [7, 11) is -2.16. The van der Waals surface area contributed by atoms with Gasteiger partial charge in [-0.3, -0.25) is 0 Å². The van der Waals surface area contributed by atoms with Crippen molar-refractivity contribution >= 4 is 26.5 Å². The van der Waals surface area contributed by atoms with E-state index in [9.17, 15) is 8.42 Å². The zero-order valence-electron chi connectivity index (χ0n) is 17.3. The van der Waals surface area contributed by atoms with Gasteiger partial charge in [0.15, 0.2) is 0 Å². The van der Waals surface area contributed by atoms with Gasteiger partial charge < -0.3 is 9.57 Å². The van der Waals surface area contributed by atoms with Gasteiger partial charge >= 0.3 is 0 Å². The Morgan fingerprint density at radius 3 is 2.68 bits per heavy atom. The molecule has 31 heavy (non-hydrogen) atoms. The number of para-hydroxylation sites is 1. The SMILES string of the molecule is C=CCN(CC1CC(c2ccccc2OC)=NO1)S(=O)(=O)c1cccc2ccccc12. The van der Waals surface area contributed by atoms with Crippen LogP contribution in [0.2, 0.25) is 0 Å². The summed E-state index contributed by atoms with van der Waals surface area (Å²) in [5, 5.41) is 5.77. The number of rotatable bonds is 8. The fraction of sp³-hybridized carbons (Fsp3) is 0.208. The Balaban J connectivity index is 1.58. The van der Waals surface area contributed by atoms with Crippen LogP contribution in [0.1, 0.15) is 12.0 Å². The van der Waals surface area contributed by atoms with E-state index in [1.165, 1.54) is 4.31 Å². The van der Waals surface area contributed by atoms with Gasteiger partial charge in [0.2, 0.25) is 10.0 Å². The molecule has 1 unspecified atom stereocenters. The molecule has 0 saturated heterocycles. The summed E-state index contributed by atoms with van der Waals surface area (Å²) in [5.41, 5.74) is 1.59. The van der Waals surface area contributed by atoms with E-state index in [2.05, 4.69) is 11.7 Å². The lowest BCUT2D eigenvalue weighted by Gasteiger charge is -2.23. The third kappa shape index (κ3) is 4.19. The van der Waals surface area contributed by atoms with Gasteiger partial charge in [0, 0.05) is 23.9 Å². The third-order valence-electron chi connectivity index (χ3n) is 5.26. The highest BCUT2D eigenvalue weighted by Crippen LogP contribution is 2.28. The predicted molar refractivity (Wildman–Crippen MR) is 122 cm³/mol. The molecule has 0 fully saturated rings. The molecule has 0 radical (unpaired) electrons. The number of ether oxygens (including phenoxy) is 1. The molecule has 1 aliphatic heterocycles. The van der Waals surface area contributed by atoms with Crippen molar-refractivity contribution in [3.63, 3.8) is 0 Å². The topological polar surface area (TPSA) is 68.2 Å². The lowest BCUT2D eigenvalue weighted by Crippen LogP contribution is -2.38. The van der Waals surface area contributed by atoms with Gasteiger partial charge in [-0.05, 0) is 23.6 Å². The molecule has 0 amide bonds. The van der Waals surface area contributed by atoms with E-state index < -0.39 is 16.1 Å². The Hall–Kier alpha value is -3.16. The number of benzene rings is 3. The van der Waals surface area contributed by atoms with Gasteiger partial charge in [0.25, 0.3) is 0 Å². The molecule has 1 heterocycles. The molecule has 3 aromatic carbocycles. The zero-order chi connectivity index (χ0) is 21.8. The molecule has 6 nitrogen and oxygen atoms in total. The normalized spacial score (nSPS) is 16.2. The van der Waals surface area contributed by atoms with E-state index in [0.29, 0.717) is 17.6 Å². The first-order chi connectivity index (χ1) is 15.0. The van der Waals surface area contributed by atoms with Crippen LogP contribution in [-0.4, -0.2) is 44.7 Å². The molecule has 0 aromatic heterocycles. The summed E-state index contributed by atoms with van der Waals surface area (Å²) in [6.07, 6.45) is 1.67.